The van der Waals surface area contributed by atoms with Crippen molar-refractivity contribution >= 4 is 86.9 Å². The molecule has 202 valence electrons. The average Bonchev–Trinajstić information content (AvgIpc) is 3.74. The lowest BCUT2D eigenvalue weighted by Gasteiger charge is -2.24. The zero-order valence-electron chi connectivity index (χ0n) is 22.9. The van der Waals surface area contributed by atoms with E-state index in [4.69, 9.17) is 9.41 Å². The third-order valence-electron chi connectivity index (χ3n) is 8.86. The van der Waals surface area contributed by atoms with Gasteiger partial charge in [0, 0.05) is 47.1 Å². The number of aromatic nitrogens is 1. The molecule has 1 atom stereocenters. The zero-order chi connectivity index (χ0) is 28.1. The van der Waals surface area contributed by atoms with Crippen LogP contribution in [0.25, 0.3) is 63.7 Å². The molecule has 4 heterocycles. The second kappa shape index (κ2) is 8.57. The maximum Gasteiger partial charge on any atom is 0.211 e. The minimum Gasteiger partial charge on any atom is -0.440 e. The van der Waals surface area contributed by atoms with Crippen molar-refractivity contribution in [2.24, 2.45) is 4.99 Å². The SMILES string of the molecule is c1ccc(C2N=C(n3c4ccccc4c4c5c6ccccc6sc5c5ccccc5c43)Nc3oc4ccccc4c32)cc1. The molecule has 0 radical (unpaired) electrons. The molecule has 1 aliphatic rings. The highest BCUT2D eigenvalue weighted by Gasteiger charge is 2.31. The number of nitrogens with zero attached hydrogens (tertiary/aromatic N) is 2. The molecule has 1 aliphatic heterocycles. The number of aliphatic imine (C=N–C) groups is 1. The van der Waals surface area contributed by atoms with E-state index >= 15 is 0 Å². The summed E-state index contributed by atoms with van der Waals surface area (Å²) in [5.74, 6) is 1.51. The van der Waals surface area contributed by atoms with Crippen LogP contribution in [-0.4, -0.2) is 10.5 Å². The normalized spacial score (nSPS) is 15.1. The lowest BCUT2D eigenvalue weighted by atomic mass is 9.97. The zero-order valence-corrected chi connectivity index (χ0v) is 23.7. The quantitative estimate of drug-likeness (QED) is 0.214. The molecule has 3 aromatic heterocycles. The fraction of sp³-hybridized carbons (Fsp3) is 0.0263. The maximum atomic E-state index is 6.49. The van der Waals surface area contributed by atoms with Crippen molar-refractivity contribution < 1.29 is 4.42 Å². The Labute approximate surface area is 250 Å². The van der Waals surface area contributed by atoms with Gasteiger partial charge >= 0.3 is 0 Å². The summed E-state index contributed by atoms with van der Waals surface area (Å²) in [4.78, 5) is 5.51. The van der Waals surface area contributed by atoms with Crippen molar-refractivity contribution in [1.29, 1.82) is 0 Å². The molecule has 0 bridgehead atoms. The number of para-hydroxylation sites is 2. The van der Waals surface area contributed by atoms with E-state index in [0.29, 0.717) is 0 Å². The van der Waals surface area contributed by atoms with Crippen LogP contribution in [0.1, 0.15) is 17.2 Å². The molecule has 9 aromatic rings. The smallest absolute Gasteiger partial charge is 0.211 e. The number of furan rings is 1. The third kappa shape index (κ3) is 3.12. The van der Waals surface area contributed by atoms with E-state index in [2.05, 4.69) is 125 Å². The van der Waals surface area contributed by atoms with Crippen LogP contribution >= 0.6 is 11.3 Å². The fourth-order valence-corrected chi connectivity index (χ4v) is 8.33. The minimum atomic E-state index is -0.218. The number of hydrogen-bond donors (Lipinski definition) is 1. The maximum absolute atomic E-state index is 6.49. The van der Waals surface area contributed by atoms with Gasteiger partial charge in [-0.2, -0.15) is 0 Å². The molecule has 4 nitrogen and oxygen atoms in total. The molecule has 43 heavy (non-hydrogen) atoms. The molecule has 0 saturated heterocycles. The van der Waals surface area contributed by atoms with Crippen LogP contribution in [0, 0.1) is 0 Å². The molecular weight excluding hydrogens is 547 g/mol. The predicted octanol–water partition coefficient (Wildman–Crippen LogP) is 10.5. The first-order valence-corrected chi connectivity index (χ1v) is 15.3. The molecule has 0 aliphatic carbocycles. The lowest BCUT2D eigenvalue weighted by Crippen LogP contribution is -2.27. The van der Waals surface area contributed by atoms with E-state index < -0.39 is 0 Å². The van der Waals surface area contributed by atoms with Gasteiger partial charge in [-0.1, -0.05) is 109 Å². The lowest BCUT2D eigenvalue weighted by molar-refractivity contribution is 0.623. The summed E-state index contributed by atoms with van der Waals surface area (Å²) in [6, 6.07) is 44.9. The van der Waals surface area contributed by atoms with E-state index in [1.165, 1.54) is 41.7 Å². The fourth-order valence-electron chi connectivity index (χ4n) is 7.08. The Kier molecular flexibility index (Phi) is 4.62. The van der Waals surface area contributed by atoms with Crippen molar-refractivity contribution in [3.63, 3.8) is 0 Å². The van der Waals surface area contributed by atoms with Gasteiger partial charge in [-0.25, -0.2) is 4.99 Å². The number of fused-ring (bicyclic) bond motifs is 13. The van der Waals surface area contributed by atoms with Gasteiger partial charge in [-0.15, -0.1) is 11.3 Å². The number of hydrogen-bond acceptors (Lipinski definition) is 4. The third-order valence-corrected chi connectivity index (χ3v) is 10.1. The van der Waals surface area contributed by atoms with Crippen molar-refractivity contribution in [2.75, 3.05) is 5.32 Å². The molecule has 0 fully saturated rings. The van der Waals surface area contributed by atoms with E-state index in [0.717, 1.165) is 45.0 Å². The van der Waals surface area contributed by atoms with Crippen LogP contribution in [0.2, 0.25) is 0 Å². The van der Waals surface area contributed by atoms with Gasteiger partial charge in [-0.05, 0) is 23.8 Å². The summed E-state index contributed by atoms with van der Waals surface area (Å²) < 4.78 is 11.4. The van der Waals surface area contributed by atoms with Crippen LogP contribution in [0.4, 0.5) is 5.88 Å². The first kappa shape index (κ1) is 23.2. The summed E-state index contributed by atoms with van der Waals surface area (Å²) in [6.45, 7) is 0. The predicted molar refractivity (Wildman–Crippen MR) is 181 cm³/mol. The molecule has 0 amide bonds. The van der Waals surface area contributed by atoms with Crippen LogP contribution in [0.3, 0.4) is 0 Å². The van der Waals surface area contributed by atoms with E-state index in [-0.39, 0.29) is 6.04 Å². The summed E-state index contributed by atoms with van der Waals surface area (Å²) >= 11 is 1.88. The van der Waals surface area contributed by atoms with Gasteiger partial charge in [-0.3, -0.25) is 9.88 Å². The van der Waals surface area contributed by atoms with Crippen molar-refractivity contribution in [2.45, 2.75) is 6.04 Å². The molecule has 0 spiro atoms. The highest BCUT2D eigenvalue weighted by Crippen LogP contribution is 2.48. The Balaban J connectivity index is 1.38. The van der Waals surface area contributed by atoms with Crippen molar-refractivity contribution in [3.8, 4) is 0 Å². The standard InChI is InChI=1S/C38H23N3OS/c1-2-12-22(13-3-1)34-33-26-17-7-10-20-29(26)42-37(33)40-38(39-34)41-28-19-9-6-16-25(28)31-32-27-18-8-11-21-30(27)43-36(32)24-15-5-4-14-23(24)35(31)41/h1-21,34H,(H,39,40). The Hall–Kier alpha value is -5.39. The second-order valence-electron chi connectivity index (χ2n) is 11.2. The van der Waals surface area contributed by atoms with Gasteiger partial charge in [0.2, 0.25) is 11.8 Å². The monoisotopic (exact) mass is 569 g/mol. The summed E-state index contributed by atoms with van der Waals surface area (Å²) in [5, 5.41) is 12.3. The van der Waals surface area contributed by atoms with E-state index in [1.807, 2.05) is 23.5 Å². The highest BCUT2D eigenvalue weighted by molar-refractivity contribution is 7.27. The van der Waals surface area contributed by atoms with Crippen LogP contribution in [-0.2, 0) is 0 Å². The van der Waals surface area contributed by atoms with Crippen molar-refractivity contribution in [1.82, 2.24) is 4.57 Å². The Morgan fingerprint density at radius 3 is 2.16 bits per heavy atom. The van der Waals surface area contributed by atoms with Gasteiger partial charge in [0.15, 0.2) is 0 Å². The summed E-state index contributed by atoms with van der Waals surface area (Å²) in [5.41, 5.74) is 5.33. The molecule has 5 heteroatoms. The molecule has 10 rings (SSSR count). The Bertz CT molecular complexity index is 2600. The Morgan fingerprint density at radius 1 is 0.628 bits per heavy atom. The number of nitrogens with one attached hydrogen (secondary N) is 1. The molecule has 6 aromatic carbocycles. The van der Waals surface area contributed by atoms with E-state index in [1.54, 1.807) is 0 Å². The highest BCUT2D eigenvalue weighted by atomic mass is 32.1. The van der Waals surface area contributed by atoms with Gasteiger partial charge in [0.25, 0.3) is 0 Å². The Morgan fingerprint density at radius 2 is 1.30 bits per heavy atom. The van der Waals surface area contributed by atoms with Gasteiger partial charge in [0.05, 0.1) is 16.6 Å². The second-order valence-corrected chi connectivity index (χ2v) is 12.2. The molecule has 1 unspecified atom stereocenters. The summed E-state index contributed by atoms with van der Waals surface area (Å²) in [6.07, 6.45) is 0. The number of anilines is 1. The molecule has 1 N–H and O–H groups in total. The number of benzene rings is 6. The van der Waals surface area contributed by atoms with Crippen molar-refractivity contribution in [3.05, 3.63) is 139 Å². The molecule has 0 saturated carbocycles. The minimum absolute atomic E-state index is 0.218. The van der Waals surface area contributed by atoms with Crippen LogP contribution in [0.15, 0.2) is 137 Å². The summed E-state index contributed by atoms with van der Waals surface area (Å²) in [7, 11) is 0. The van der Waals surface area contributed by atoms with Crippen LogP contribution < -0.4 is 5.32 Å². The first-order chi connectivity index (χ1) is 21.3. The first-order valence-electron chi connectivity index (χ1n) is 14.5. The van der Waals surface area contributed by atoms with Crippen LogP contribution in [0.5, 0.6) is 0 Å². The average molecular weight is 570 g/mol. The van der Waals surface area contributed by atoms with E-state index in [9.17, 15) is 0 Å². The largest absolute Gasteiger partial charge is 0.440 e. The van der Waals surface area contributed by atoms with Gasteiger partial charge in [0.1, 0.15) is 11.6 Å². The number of thiophene rings is 1. The van der Waals surface area contributed by atoms with Gasteiger partial charge < -0.3 is 4.42 Å². The topological polar surface area (TPSA) is 42.5 Å². The molecular formula is C38H23N3OS. The number of rotatable bonds is 1.